The molecule has 0 spiro atoms. The lowest BCUT2D eigenvalue weighted by molar-refractivity contribution is 0.102. The standard InChI is InChI=1S/C17H15ClN4OS/c18-12-7-11-13(19)3-6-24-15(11)8-10(12)17(23)22-14-2-5-21-16-9(14)1-4-20-16/h1-2,4-5,7-8,13H,3,6,19H2,(H2,20,21,22,23)/t13-/m1/s1. The number of hydrogen-bond acceptors (Lipinski definition) is 4. The molecule has 122 valence electrons. The smallest absolute Gasteiger partial charge is 0.257 e. The van der Waals surface area contributed by atoms with E-state index in [0.717, 1.165) is 33.7 Å². The van der Waals surface area contributed by atoms with E-state index in [9.17, 15) is 4.79 Å². The number of thioether (sulfide) groups is 1. The summed E-state index contributed by atoms with van der Waals surface area (Å²) in [6.07, 6.45) is 4.36. The van der Waals surface area contributed by atoms with Crippen molar-refractivity contribution in [2.75, 3.05) is 11.1 Å². The number of benzene rings is 1. The van der Waals surface area contributed by atoms with E-state index in [1.165, 1.54) is 0 Å². The number of carbonyl (C=O) groups is 1. The number of fused-ring (bicyclic) bond motifs is 2. The number of aromatic amines is 1. The molecule has 0 saturated carbocycles. The number of rotatable bonds is 2. The minimum absolute atomic E-state index is 0.0180. The third-order valence-corrected chi connectivity index (χ3v) is 5.56. The summed E-state index contributed by atoms with van der Waals surface area (Å²) in [4.78, 5) is 21.0. The summed E-state index contributed by atoms with van der Waals surface area (Å²) in [5, 5.41) is 4.20. The first-order valence-corrected chi connectivity index (χ1v) is 8.95. The van der Waals surface area contributed by atoms with E-state index >= 15 is 0 Å². The molecule has 2 aromatic heterocycles. The maximum atomic E-state index is 12.7. The van der Waals surface area contributed by atoms with Gasteiger partial charge in [0.1, 0.15) is 5.65 Å². The van der Waals surface area contributed by atoms with E-state index in [1.807, 2.05) is 18.2 Å². The highest BCUT2D eigenvalue weighted by atomic mass is 35.5. The van der Waals surface area contributed by atoms with Gasteiger partial charge in [0, 0.05) is 28.7 Å². The molecule has 24 heavy (non-hydrogen) atoms. The fourth-order valence-electron chi connectivity index (χ4n) is 2.87. The van der Waals surface area contributed by atoms with Gasteiger partial charge in [0.15, 0.2) is 0 Å². The van der Waals surface area contributed by atoms with Crippen molar-refractivity contribution in [1.29, 1.82) is 0 Å². The molecule has 1 atom stereocenters. The van der Waals surface area contributed by atoms with E-state index < -0.39 is 0 Å². The topological polar surface area (TPSA) is 83.8 Å². The molecule has 4 rings (SSSR count). The number of aromatic nitrogens is 2. The van der Waals surface area contributed by atoms with Gasteiger partial charge in [-0.2, -0.15) is 0 Å². The highest BCUT2D eigenvalue weighted by Gasteiger charge is 2.22. The predicted octanol–water partition coefficient (Wildman–Crippen LogP) is 3.96. The van der Waals surface area contributed by atoms with E-state index in [1.54, 1.807) is 30.2 Å². The number of carbonyl (C=O) groups excluding carboxylic acids is 1. The molecule has 3 aromatic rings. The van der Waals surface area contributed by atoms with E-state index in [4.69, 9.17) is 17.3 Å². The molecular weight excluding hydrogens is 344 g/mol. The zero-order valence-electron chi connectivity index (χ0n) is 12.7. The second-order valence-corrected chi connectivity index (χ2v) is 7.21. The fraction of sp³-hybridized carbons (Fsp3) is 0.176. The van der Waals surface area contributed by atoms with Crippen molar-refractivity contribution in [2.24, 2.45) is 5.73 Å². The molecule has 0 radical (unpaired) electrons. The normalized spacial score (nSPS) is 16.8. The largest absolute Gasteiger partial charge is 0.346 e. The Labute approximate surface area is 148 Å². The lowest BCUT2D eigenvalue weighted by atomic mass is 10.0. The zero-order valence-corrected chi connectivity index (χ0v) is 14.2. The molecule has 1 amide bonds. The van der Waals surface area contributed by atoms with Crippen molar-refractivity contribution in [1.82, 2.24) is 9.97 Å². The molecule has 7 heteroatoms. The van der Waals surface area contributed by atoms with Crippen LogP contribution in [0, 0.1) is 0 Å². The maximum Gasteiger partial charge on any atom is 0.257 e. The van der Waals surface area contributed by atoms with Crippen LogP contribution in [-0.2, 0) is 0 Å². The van der Waals surface area contributed by atoms with Gasteiger partial charge in [0.05, 0.1) is 16.3 Å². The Balaban J connectivity index is 1.69. The van der Waals surface area contributed by atoms with E-state index in [2.05, 4.69) is 15.3 Å². The second-order valence-electron chi connectivity index (χ2n) is 5.67. The van der Waals surface area contributed by atoms with Gasteiger partial charge in [-0.15, -0.1) is 11.8 Å². The molecule has 0 aliphatic carbocycles. The SMILES string of the molecule is N[C@@H]1CCSc2cc(C(=O)Nc3ccnc4[nH]ccc34)c(Cl)cc21. The zero-order chi connectivity index (χ0) is 16.7. The van der Waals surface area contributed by atoms with Gasteiger partial charge in [-0.3, -0.25) is 4.79 Å². The molecule has 0 unspecified atom stereocenters. The van der Waals surface area contributed by atoms with Crippen molar-refractivity contribution >= 4 is 46.0 Å². The number of nitrogens with zero attached hydrogens (tertiary/aromatic N) is 1. The number of nitrogens with two attached hydrogens (primary N) is 1. The Morgan fingerprint density at radius 2 is 2.29 bits per heavy atom. The van der Waals surface area contributed by atoms with E-state index in [-0.39, 0.29) is 11.9 Å². The molecule has 0 bridgehead atoms. The van der Waals surface area contributed by atoms with Crippen LogP contribution >= 0.6 is 23.4 Å². The molecule has 1 aromatic carbocycles. The van der Waals surface area contributed by atoms with Gasteiger partial charge in [-0.25, -0.2) is 4.98 Å². The molecule has 1 aliphatic heterocycles. The fourth-order valence-corrected chi connectivity index (χ4v) is 4.30. The van der Waals surface area contributed by atoms with Crippen molar-refractivity contribution in [3.63, 3.8) is 0 Å². The number of hydrogen-bond donors (Lipinski definition) is 3. The molecule has 5 nitrogen and oxygen atoms in total. The maximum absolute atomic E-state index is 12.7. The Morgan fingerprint density at radius 3 is 3.17 bits per heavy atom. The number of halogens is 1. The van der Waals surface area contributed by atoms with Gasteiger partial charge >= 0.3 is 0 Å². The molecule has 4 N–H and O–H groups in total. The summed E-state index contributed by atoms with van der Waals surface area (Å²) in [6.45, 7) is 0. The van der Waals surface area contributed by atoms with Crippen molar-refractivity contribution in [2.45, 2.75) is 17.4 Å². The number of nitrogens with one attached hydrogen (secondary N) is 2. The average molecular weight is 359 g/mol. The Bertz CT molecular complexity index is 939. The van der Waals surface area contributed by atoms with Crippen LogP contribution in [0.1, 0.15) is 28.4 Å². The third kappa shape index (κ3) is 2.66. The summed E-state index contributed by atoms with van der Waals surface area (Å²) < 4.78 is 0. The van der Waals surface area contributed by atoms with Crippen molar-refractivity contribution < 1.29 is 4.79 Å². The van der Waals surface area contributed by atoms with Crippen LogP contribution in [0.2, 0.25) is 5.02 Å². The highest BCUT2D eigenvalue weighted by molar-refractivity contribution is 7.99. The Hall–Kier alpha value is -2.02. The minimum atomic E-state index is -0.240. The minimum Gasteiger partial charge on any atom is -0.346 e. The lowest BCUT2D eigenvalue weighted by Crippen LogP contribution is -2.18. The average Bonchev–Trinajstić information content (AvgIpc) is 3.05. The van der Waals surface area contributed by atoms with Crippen LogP contribution in [0.5, 0.6) is 0 Å². The van der Waals surface area contributed by atoms with Crippen LogP contribution in [0.25, 0.3) is 11.0 Å². The second kappa shape index (κ2) is 6.12. The first-order valence-electron chi connectivity index (χ1n) is 7.59. The Kier molecular flexibility index (Phi) is 3.96. The summed E-state index contributed by atoms with van der Waals surface area (Å²) in [5.41, 5.74) is 9.03. The first kappa shape index (κ1) is 15.5. The number of anilines is 1. The molecule has 3 heterocycles. The number of H-pyrrole nitrogens is 1. The summed E-state index contributed by atoms with van der Waals surface area (Å²) >= 11 is 8.05. The van der Waals surface area contributed by atoms with E-state index in [0.29, 0.717) is 16.3 Å². The molecule has 0 fully saturated rings. The van der Waals surface area contributed by atoms with Crippen LogP contribution in [0.3, 0.4) is 0 Å². The van der Waals surface area contributed by atoms with Gasteiger partial charge in [0.25, 0.3) is 5.91 Å². The monoisotopic (exact) mass is 358 g/mol. The van der Waals surface area contributed by atoms with Gasteiger partial charge < -0.3 is 16.0 Å². The summed E-state index contributed by atoms with van der Waals surface area (Å²) in [7, 11) is 0. The summed E-state index contributed by atoms with van der Waals surface area (Å²) in [6, 6.07) is 7.29. The lowest BCUT2D eigenvalue weighted by Gasteiger charge is -2.22. The quantitative estimate of drug-likeness (QED) is 0.647. The molecule has 1 aliphatic rings. The number of amides is 1. The van der Waals surface area contributed by atoms with Gasteiger partial charge in [-0.05, 0) is 42.0 Å². The molecular formula is C17H15ClN4OS. The van der Waals surface area contributed by atoms with Crippen LogP contribution < -0.4 is 11.1 Å². The predicted molar refractivity (Wildman–Crippen MR) is 97.8 cm³/mol. The van der Waals surface area contributed by atoms with Gasteiger partial charge in [-0.1, -0.05) is 11.6 Å². The first-order chi connectivity index (χ1) is 11.6. The van der Waals surface area contributed by atoms with Crippen LogP contribution in [-0.4, -0.2) is 21.6 Å². The Morgan fingerprint density at radius 1 is 1.42 bits per heavy atom. The van der Waals surface area contributed by atoms with Crippen molar-refractivity contribution in [3.05, 3.63) is 52.8 Å². The third-order valence-electron chi connectivity index (χ3n) is 4.14. The van der Waals surface area contributed by atoms with Crippen molar-refractivity contribution in [3.8, 4) is 0 Å². The highest BCUT2D eigenvalue weighted by Crippen LogP contribution is 2.38. The van der Waals surface area contributed by atoms with Gasteiger partial charge in [0.2, 0.25) is 0 Å². The van der Waals surface area contributed by atoms with Crippen LogP contribution in [0.15, 0.2) is 41.6 Å². The number of pyridine rings is 1. The van der Waals surface area contributed by atoms with Crippen LogP contribution in [0.4, 0.5) is 5.69 Å². The summed E-state index contributed by atoms with van der Waals surface area (Å²) in [5.74, 6) is 0.710. The molecule has 0 saturated heterocycles.